The second-order valence-electron chi connectivity index (χ2n) is 6.06. The summed E-state index contributed by atoms with van der Waals surface area (Å²) in [4.78, 5) is 13.0. The Kier molecular flexibility index (Phi) is 6.63. The van der Waals surface area contributed by atoms with Gasteiger partial charge in [0.15, 0.2) is 5.76 Å². The van der Waals surface area contributed by atoms with E-state index < -0.39 is 10.8 Å². The van der Waals surface area contributed by atoms with Crippen LogP contribution in [0.4, 0.5) is 0 Å². The fourth-order valence-corrected chi connectivity index (χ4v) is 3.82. The summed E-state index contributed by atoms with van der Waals surface area (Å²) < 4.78 is 18.9. The smallest absolute Gasteiger partial charge is 0.287 e. The van der Waals surface area contributed by atoms with Gasteiger partial charge in [0.2, 0.25) is 0 Å². The Hall–Kier alpha value is -2.18. The fourth-order valence-electron chi connectivity index (χ4n) is 2.54. The molecule has 1 aromatic heterocycles. The minimum Gasteiger partial charge on any atom is -0.455 e. The number of amides is 1. The van der Waals surface area contributed by atoms with Crippen LogP contribution >= 0.6 is 15.9 Å². The highest BCUT2D eigenvalue weighted by molar-refractivity contribution is 9.10. The lowest BCUT2D eigenvalue weighted by molar-refractivity contribution is 0.0921. The molecular formula is C21H20BrNO3S. The topological polar surface area (TPSA) is 59.3 Å². The quantitative estimate of drug-likeness (QED) is 0.565. The van der Waals surface area contributed by atoms with Crippen molar-refractivity contribution in [2.75, 3.05) is 0 Å². The molecule has 0 unspecified atom stereocenters. The van der Waals surface area contributed by atoms with Gasteiger partial charge in [0.1, 0.15) is 5.76 Å². The molecule has 1 amide bonds. The molecule has 2 aromatic carbocycles. The highest BCUT2D eigenvalue weighted by Gasteiger charge is 2.13. The van der Waals surface area contributed by atoms with Crippen molar-refractivity contribution in [1.29, 1.82) is 0 Å². The first-order valence-electron chi connectivity index (χ1n) is 8.64. The maximum atomic E-state index is 12.4. The van der Waals surface area contributed by atoms with Crippen LogP contribution in [0.1, 0.15) is 34.4 Å². The zero-order valence-electron chi connectivity index (χ0n) is 14.9. The van der Waals surface area contributed by atoms with E-state index in [9.17, 15) is 9.00 Å². The molecule has 1 atom stereocenters. The van der Waals surface area contributed by atoms with Crippen LogP contribution in [0, 0.1) is 0 Å². The standard InChI is InChI=1S/C21H20BrNO3S/c1-2-15-3-5-16(6-4-15)13-23-21(24)20-12-9-18(26-20)14-27(25)19-10-7-17(22)8-11-19/h3-12H,2,13-14H2,1H3,(H,23,24)/t27-/m1/s1. The van der Waals surface area contributed by atoms with Crippen LogP contribution in [-0.4, -0.2) is 10.1 Å². The predicted molar refractivity (Wildman–Crippen MR) is 110 cm³/mol. The summed E-state index contributed by atoms with van der Waals surface area (Å²) in [5.74, 6) is 0.694. The zero-order chi connectivity index (χ0) is 19.2. The summed E-state index contributed by atoms with van der Waals surface area (Å²) in [6.45, 7) is 2.54. The van der Waals surface area contributed by atoms with Crippen molar-refractivity contribution in [3.63, 3.8) is 0 Å². The number of halogens is 1. The van der Waals surface area contributed by atoms with Gasteiger partial charge in [0.05, 0.1) is 16.6 Å². The van der Waals surface area contributed by atoms with Crippen molar-refractivity contribution >= 4 is 32.6 Å². The van der Waals surface area contributed by atoms with Gasteiger partial charge < -0.3 is 9.73 Å². The Morgan fingerprint density at radius 3 is 2.33 bits per heavy atom. The van der Waals surface area contributed by atoms with Gasteiger partial charge in [-0.15, -0.1) is 0 Å². The molecule has 0 bridgehead atoms. The maximum absolute atomic E-state index is 12.4. The van der Waals surface area contributed by atoms with E-state index in [-0.39, 0.29) is 17.4 Å². The molecule has 3 rings (SSSR count). The van der Waals surface area contributed by atoms with Crippen molar-refractivity contribution in [3.8, 4) is 0 Å². The first-order chi connectivity index (χ1) is 13.0. The SMILES string of the molecule is CCc1ccc(CNC(=O)c2ccc(C[S@@](=O)c3ccc(Br)cc3)o2)cc1. The molecule has 0 fully saturated rings. The van der Waals surface area contributed by atoms with E-state index >= 15 is 0 Å². The molecule has 27 heavy (non-hydrogen) atoms. The molecule has 3 aromatic rings. The molecule has 0 radical (unpaired) electrons. The Bertz CT molecular complexity index is 933. The van der Waals surface area contributed by atoms with E-state index in [1.54, 1.807) is 24.3 Å². The van der Waals surface area contributed by atoms with Gasteiger partial charge in [-0.25, -0.2) is 0 Å². The number of nitrogens with one attached hydrogen (secondary N) is 1. The van der Waals surface area contributed by atoms with Crippen molar-refractivity contribution in [2.24, 2.45) is 0 Å². The molecule has 0 saturated carbocycles. The first kappa shape index (κ1) is 19.6. The van der Waals surface area contributed by atoms with E-state index in [0.29, 0.717) is 12.3 Å². The molecule has 1 N–H and O–H groups in total. The van der Waals surface area contributed by atoms with Gasteiger partial charge in [0.25, 0.3) is 5.91 Å². The average molecular weight is 446 g/mol. The first-order valence-corrected chi connectivity index (χ1v) is 10.7. The van der Waals surface area contributed by atoms with Crippen molar-refractivity contribution in [1.82, 2.24) is 5.32 Å². The third-order valence-electron chi connectivity index (χ3n) is 4.12. The molecule has 0 saturated heterocycles. The van der Waals surface area contributed by atoms with Crippen molar-refractivity contribution in [2.45, 2.75) is 30.5 Å². The second-order valence-corrected chi connectivity index (χ2v) is 8.43. The van der Waals surface area contributed by atoms with E-state index in [0.717, 1.165) is 21.4 Å². The largest absolute Gasteiger partial charge is 0.455 e. The molecule has 1 heterocycles. The number of hydrogen-bond donors (Lipinski definition) is 1. The molecule has 4 nitrogen and oxygen atoms in total. The lowest BCUT2D eigenvalue weighted by Crippen LogP contribution is -2.22. The van der Waals surface area contributed by atoms with Crippen LogP contribution in [-0.2, 0) is 29.5 Å². The molecule has 140 valence electrons. The Morgan fingerprint density at radius 2 is 1.67 bits per heavy atom. The third-order valence-corrected chi connectivity index (χ3v) is 5.99. The highest BCUT2D eigenvalue weighted by atomic mass is 79.9. The van der Waals surface area contributed by atoms with Crippen LogP contribution in [0.25, 0.3) is 0 Å². The number of rotatable bonds is 7. The monoisotopic (exact) mass is 445 g/mol. The summed E-state index contributed by atoms with van der Waals surface area (Å²) in [7, 11) is -1.23. The number of hydrogen-bond acceptors (Lipinski definition) is 3. The lowest BCUT2D eigenvalue weighted by atomic mass is 10.1. The average Bonchev–Trinajstić information content (AvgIpc) is 3.15. The van der Waals surface area contributed by atoms with Gasteiger partial charge >= 0.3 is 0 Å². The minimum absolute atomic E-state index is 0.225. The Labute approximate surface area is 169 Å². The van der Waals surface area contributed by atoms with Crippen LogP contribution in [0.2, 0.25) is 0 Å². The highest BCUT2D eigenvalue weighted by Crippen LogP contribution is 2.18. The Balaban J connectivity index is 1.56. The Morgan fingerprint density at radius 1 is 1.00 bits per heavy atom. The zero-order valence-corrected chi connectivity index (χ0v) is 17.3. The number of furan rings is 1. The number of aryl methyl sites for hydroxylation is 1. The van der Waals surface area contributed by atoms with Gasteiger partial charge in [0, 0.05) is 15.9 Å². The summed E-state index contributed by atoms with van der Waals surface area (Å²) >= 11 is 3.36. The predicted octanol–water partition coefficient (Wildman–Crippen LogP) is 4.84. The normalized spacial score (nSPS) is 11.9. The van der Waals surface area contributed by atoms with Crippen LogP contribution in [0.3, 0.4) is 0 Å². The van der Waals surface area contributed by atoms with E-state index in [1.807, 2.05) is 24.3 Å². The van der Waals surface area contributed by atoms with Crippen LogP contribution in [0.5, 0.6) is 0 Å². The van der Waals surface area contributed by atoms with Crippen molar-refractivity contribution in [3.05, 3.63) is 87.8 Å². The lowest BCUT2D eigenvalue weighted by Gasteiger charge is -2.05. The molecule has 0 aliphatic carbocycles. The van der Waals surface area contributed by atoms with Crippen LogP contribution in [0.15, 0.2) is 74.4 Å². The van der Waals surface area contributed by atoms with Gasteiger partial charge in [-0.1, -0.05) is 47.1 Å². The third kappa shape index (κ3) is 5.40. The summed E-state index contributed by atoms with van der Waals surface area (Å²) in [6, 6.07) is 18.8. The minimum atomic E-state index is -1.23. The number of carbonyl (C=O) groups is 1. The molecule has 0 spiro atoms. The van der Waals surface area contributed by atoms with E-state index in [4.69, 9.17) is 4.42 Å². The van der Waals surface area contributed by atoms with Crippen LogP contribution < -0.4 is 5.32 Å². The summed E-state index contributed by atoms with van der Waals surface area (Å²) in [5, 5.41) is 2.84. The second kappa shape index (κ2) is 9.15. The maximum Gasteiger partial charge on any atom is 0.287 e. The number of carbonyl (C=O) groups excluding carboxylic acids is 1. The molecular weight excluding hydrogens is 426 g/mol. The van der Waals surface area contributed by atoms with E-state index in [2.05, 4.69) is 40.3 Å². The van der Waals surface area contributed by atoms with Crippen molar-refractivity contribution < 1.29 is 13.4 Å². The number of benzene rings is 2. The van der Waals surface area contributed by atoms with E-state index in [1.165, 1.54) is 5.56 Å². The van der Waals surface area contributed by atoms with Gasteiger partial charge in [-0.2, -0.15) is 0 Å². The summed E-state index contributed by atoms with van der Waals surface area (Å²) in [6.07, 6.45) is 0.990. The molecule has 0 aliphatic heterocycles. The molecule has 6 heteroatoms. The molecule has 0 aliphatic rings. The fraction of sp³-hybridized carbons (Fsp3) is 0.190. The van der Waals surface area contributed by atoms with Gasteiger partial charge in [-0.3, -0.25) is 9.00 Å². The van der Waals surface area contributed by atoms with Gasteiger partial charge in [-0.05, 0) is 53.9 Å². The summed E-state index contributed by atoms with van der Waals surface area (Å²) in [5.41, 5.74) is 2.29.